The highest BCUT2D eigenvalue weighted by Crippen LogP contribution is 2.20. The van der Waals surface area contributed by atoms with E-state index in [1.54, 1.807) is 0 Å². The van der Waals surface area contributed by atoms with Crippen LogP contribution in [0.1, 0.15) is 64.8 Å². The molecule has 2 atom stereocenters. The summed E-state index contributed by atoms with van der Waals surface area (Å²) in [5.41, 5.74) is 0. The van der Waals surface area contributed by atoms with Gasteiger partial charge in [0.05, 0.1) is 0 Å². The molecule has 1 rings (SSSR count). The summed E-state index contributed by atoms with van der Waals surface area (Å²) in [6.45, 7) is 9.23. The SMILES string of the molecule is CCCC(OCC)c1noc(CC(CC(C)C)NC)n1. The number of nitrogens with zero attached hydrogens (tertiary/aromatic N) is 2. The van der Waals surface area contributed by atoms with E-state index in [0.29, 0.717) is 30.3 Å². The van der Waals surface area contributed by atoms with Crippen molar-refractivity contribution in [2.45, 2.75) is 65.5 Å². The molecular weight excluding hydrogens is 254 g/mol. The molecule has 0 radical (unpaired) electrons. The first-order valence-electron chi connectivity index (χ1n) is 7.71. The fraction of sp³-hybridized carbons (Fsp3) is 0.867. The molecule has 0 saturated heterocycles. The van der Waals surface area contributed by atoms with Crippen LogP contribution in [0.15, 0.2) is 4.52 Å². The Hall–Kier alpha value is -0.940. The van der Waals surface area contributed by atoms with Crippen LogP contribution < -0.4 is 5.32 Å². The summed E-state index contributed by atoms with van der Waals surface area (Å²) >= 11 is 0. The maximum Gasteiger partial charge on any atom is 0.228 e. The van der Waals surface area contributed by atoms with Crippen LogP contribution in [0.3, 0.4) is 0 Å². The van der Waals surface area contributed by atoms with Crippen LogP contribution in [0, 0.1) is 5.92 Å². The van der Waals surface area contributed by atoms with Gasteiger partial charge >= 0.3 is 0 Å². The average molecular weight is 283 g/mol. The van der Waals surface area contributed by atoms with Crippen molar-refractivity contribution >= 4 is 0 Å². The molecule has 5 nitrogen and oxygen atoms in total. The smallest absolute Gasteiger partial charge is 0.228 e. The lowest BCUT2D eigenvalue weighted by Gasteiger charge is -2.16. The number of nitrogens with one attached hydrogen (secondary N) is 1. The first kappa shape index (κ1) is 17.1. The van der Waals surface area contributed by atoms with Gasteiger partial charge in [0.25, 0.3) is 0 Å². The lowest BCUT2D eigenvalue weighted by Crippen LogP contribution is -2.29. The lowest BCUT2D eigenvalue weighted by molar-refractivity contribution is 0.0477. The van der Waals surface area contributed by atoms with Crippen LogP contribution in [0.25, 0.3) is 0 Å². The van der Waals surface area contributed by atoms with Gasteiger partial charge in [0, 0.05) is 19.1 Å². The Morgan fingerprint density at radius 3 is 2.60 bits per heavy atom. The molecular formula is C15H29N3O2. The van der Waals surface area contributed by atoms with Crippen molar-refractivity contribution in [3.63, 3.8) is 0 Å². The molecule has 0 amide bonds. The summed E-state index contributed by atoms with van der Waals surface area (Å²) in [6.07, 6.45) is 3.79. The second kappa shape index (κ2) is 9.08. The van der Waals surface area contributed by atoms with E-state index in [9.17, 15) is 0 Å². The van der Waals surface area contributed by atoms with Crippen LogP contribution in [0.4, 0.5) is 0 Å². The summed E-state index contributed by atoms with van der Waals surface area (Å²) in [7, 11) is 1.98. The van der Waals surface area contributed by atoms with Crippen LogP contribution in [-0.2, 0) is 11.2 Å². The predicted molar refractivity (Wildman–Crippen MR) is 79.6 cm³/mol. The van der Waals surface area contributed by atoms with E-state index in [0.717, 1.165) is 25.7 Å². The molecule has 0 aromatic carbocycles. The number of aromatic nitrogens is 2. The van der Waals surface area contributed by atoms with Gasteiger partial charge < -0.3 is 14.6 Å². The molecule has 116 valence electrons. The quantitative estimate of drug-likeness (QED) is 0.715. The Balaban J connectivity index is 2.64. The van der Waals surface area contributed by atoms with E-state index in [-0.39, 0.29) is 6.10 Å². The molecule has 0 aliphatic heterocycles. The predicted octanol–water partition coefficient (Wildman–Crippen LogP) is 3.12. The minimum atomic E-state index is -0.0411. The molecule has 0 fully saturated rings. The molecule has 1 aromatic rings. The Morgan fingerprint density at radius 2 is 2.05 bits per heavy atom. The van der Waals surface area contributed by atoms with Gasteiger partial charge in [-0.05, 0) is 32.7 Å². The summed E-state index contributed by atoms with van der Waals surface area (Å²) in [6, 6.07) is 0.375. The van der Waals surface area contributed by atoms with Gasteiger partial charge in [0.15, 0.2) is 0 Å². The van der Waals surface area contributed by atoms with E-state index in [2.05, 4.69) is 36.2 Å². The lowest BCUT2D eigenvalue weighted by atomic mass is 10.0. The number of likely N-dealkylation sites (N-methyl/N-ethyl adjacent to an activating group) is 1. The highest BCUT2D eigenvalue weighted by Gasteiger charge is 2.19. The standard InChI is InChI=1S/C15H29N3O2/c1-6-8-13(19-7-2)15-17-14(20-18-15)10-12(16-5)9-11(3)4/h11-13,16H,6-10H2,1-5H3. The van der Waals surface area contributed by atoms with Gasteiger partial charge in [-0.3, -0.25) is 0 Å². The average Bonchev–Trinajstić information content (AvgIpc) is 2.85. The van der Waals surface area contributed by atoms with E-state index in [4.69, 9.17) is 9.26 Å². The van der Waals surface area contributed by atoms with Gasteiger partial charge in [-0.25, -0.2) is 0 Å². The van der Waals surface area contributed by atoms with Crippen LogP contribution in [0.2, 0.25) is 0 Å². The molecule has 0 aliphatic carbocycles. The minimum Gasteiger partial charge on any atom is -0.370 e. The molecule has 2 unspecified atom stereocenters. The fourth-order valence-electron chi connectivity index (χ4n) is 2.32. The Labute approximate surface area is 122 Å². The Kier molecular flexibility index (Phi) is 7.77. The van der Waals surface area contributed by atoms with Gasteiger partial charge in [0.1, 0.15) is 6.10 Å². The Bertz CT molecular complexity index is 360. The Morgan fingerprint density at radius 1 is 1.30 bits per heavy atom. The highest BCUT2D eigenvalue weighted by atomic mass is 16.5. The van der Waals surface area contributed by atoms with Gasteiger partial charge in [-0.15, -0.1) is 0 Å². The second-order valence-electron chi connectivity index (χ2n) is 5.60. The van der Waals surface area contributed by atoms with Crippen molar-refractivity contribution in [1.29, 1.82) is 0 Å². The summed E-state index contributed by atoms with van der Waals surface area (Å²) in [5.74, 6) is 2.02. The summed E-state index contributed by atoms with van der Waals surface area (Å²) < 4.78 is 11.0. The number of hydrogen-bond acceptors (Lipinski definition) is 5. The molecule has 5 heteroatoms. The molecule has 0 spiro atoms. The van der Waals surface area contributed by atoms with Crippen LogP contribution >= 0.6 is 0 Å². The molecule has 1 N–H and O–H groups in total. The summed E-state index contributed by atoms with van der Waals surface area (Å²) in [5, 5.41) is 7.39. The van der Waals surface area contributed by atoms with Crippen molar-refractivity contribution in [2.75, 3.05) is 13.7 Å². The second-order valence-corrected chi connectivity index (χ2v) is 5.60. The fourth-order valence-corrected chi connectivity index (χ4v) is 2.32. The zero-order valence-electron chi connectivity index (χ0n) is 13.5. The number of rotatable bonds is 10. The van der Waals surface area contributed by atoms with E-state index < -0.39 is 0 Å². The highest BCUT2D eigenvalue weighted by molar-refractivity contribution is 4.93. The number of ether oxygens (including phenoxy) is 1. The summed E-state index contributed by atoms with van der Waals surface area (Å²) in [4.78, 5) is 4.50. The first-order chi connectivity index (χ1) is 9.60. The zero-order valence-corrected chi connectivity index (χ0v) is 13.5. The van der Waals surface area contributed by atoms with Crippen LogP contribution in [-0.4, -0.2) is 29.8 Å². The van der Waals surface area contributed by atoms with Gasteiger partial charge in [-0.1, -0.05) is 32.3 Å². The maximum absolute atomic E-state index is 5.68. The first-order valence-corrected chi connectivity index (χ1v) is 7.71. The van der Waals surface area contributed by atoms with Crippen molar-refractivity contribution in [1.82, 2.24) is 15.5 Å². The van der Waals surface area contributed by atoms with E-state index in [1.807, 2.05) is 14.0 Å². The van der Waals surface area contributed by atoms with Crippen molar-refractivity contribution in [2.24, 2.45) is 5.92 Å². The third kappa shape index (κ3) is 5.59. The molecule has 20 heavy (non-hydrogen) atoms. The minimum absolute atomic E-state index is 0.0411. The molecule has 1 aromatic heterocycles. The molecule has 0 aliphatic rings. The largest absolute Gasteiger partial charge is 0.370 e. The van der Waals surface area contributed by atoms with Gasteiger partial charge in [0.2, 0.25) is 11.7 Å². The normalized spacial score (nSPS) is 14.7. The maximum atomic E-state index is 5.68. The van der Waals surface area contributed by atoms with Crippen molar-refractivity contribution in [3.8, 4) is 0 Å². The van der Waals surface area contributed by atoms with E-state index in [1.165, 1.54) is 0 Å². The topological polar surface area (TPSA) is 60.2 Å². The third-order valence-electron chi connectivity index (χ3n) is 3.28. The third-order valence-corrected chi connectivity index (χ3v) is 3.28. The zero-order chi connectivity index (χ0) is 15.0. The molecule has 0 bridgehead atoms. The van der Waals surface area contributed by atoms with Crippen LogP contribution in [0.5, 0.6) is 0 Å². The van der Waals surface area contributed by atoms with Crippen molar-refractivity contribution in [3.05, 3.63) is 11.7 Å². The monoisotopic (exact) mass is 283 g/mol. The van der Waals surface area contributed by atoms with E-state index >= 15 is 0 Å². The molecule has 0 saturated carbocycles. The number of hydrogen-bond donors (Lipinski definition) is 1. The molecule has 1 heterocycles. The van der Waals surface area contributed by atoms with Crippen molar-refractivity contribution < 1.29 is 9.26 Å². The van der Waals surface area contributed by atoms with Gasteiger partial charge in [-0.2, -0.15) is 4.98 Å².